The van der Waals surface area contributed by atoms with Crippen molar-refractivity contribution < 1.29 is 14.3 Å². The van der Waals surface area contributed by atoms with Crippen molar-refractivity contribution in [2.45, 2.75) is 28.4 Å². The van der Waals surface area contributed by atoms with Gasteiger partial charge in [0.15, 0.2) is 0 Å². The van der Waals surface area contributed by atoms with Crippen LogP contribution in [0.4, 0.5) is 0 Å². The zero-order valence-electron chi connectivity index (χ0n) is 9.03. The highest BCUT2D eigenvalue weighted by atomic mass is 127. The number of nitrogens with zero attached hydrogens (tertiary/aromatic N) is 1. The SMILES string of the molecule is COC(=O)C1CC2(CC(I)CO2)CN1C. The minimum absolute atomic E-state index is 0.0978. The van der Waals surface area contributed by atoms with Gasteiger partial charge in [-0.25, -0.2) is 0 Å². The van der Waals surface area contributed by atoms with Gasteiger partial charge >= 0.3 is 5.97 Å². The lowest BCUT2D eigenvalue weighted by Crippen LogP contribution is -2.33. The van der Waals surface area contributed by atoms with Crippen LogP contribution in [-0.2, 0) is 14.3 Å². The van der Waals surface area contributed by atoms with Gasteiger partial charge in [-0.3, -0.25) is 9.69 Å². The maximum absolute atomic E-state index is 11.5. The van der Waals surface area contributed by atoms with Crippen molar-refractivity contribution in [2.75, 3.05) is 27.3 Å². The molecule has 86 valence electrons. The summed E-state index contributed by atoms with van der Waals surface area (Å²) in [7, 11) is 3.40. The Morgan fingerprint density at radius 1 is 1.60 bits per heavy atom. The summed E-state index contributed by atoms with van der Waals surface area (Å²) in [5.41, 5.74) is -0.0978. The van der Waals surface area contributed by atoms with Gasteiger partial charge in [0.25, 0.3) is 0 Å². The van der Waals surface area contributed by atoms with E-state index in [-0.39, 0.29) is 17.6 Å². The molecule has 2 fully saturated rings. The Morgan fingerprint density at radius 2 is 2.33 bits per heavy atom. The van der Waals surface area contributed by atoms with Crippen LogP contribution >= 0.6 is 22.6 Å². The highest BCUT2D eigenvalue weighted by Crippen LogP contribution is 2.40. The monoisotopic (exact) mass is 325 g/mol. The third kappa shape index (κ3) is 2.14. The zero-order valence-corrected chi connectivity index (χ0v) is 11.2. The first-order valence-corrected chi connectivity index (χ1v) is 6.37. The number of alkyl halides is 1. The summed E-state index contributed by atoms with van der Waals surface area (Å²) >= 11 is 2.41. The van der Waals surface area contributed by atoms with Crippen LogP contribution in [0.1, 0.15) is 12.8 Å². The molecule has 0 N–H and O–H groups in total. The molecule has 0 aromatic carbocycles. The highest BCUT2D eigenvalue weighted by molar-refractivity contribution is 14.1. The number of carbonyl (C=O) groups excluding carboxylic acids is 1. The molecular formula is C10H16INO3. The van der Waals surface area contributed by atoms with Crippen molar-refractivity contribution in [3.8, 4) is 0 Å². The van der Waals surface area contributed by atoms with E-state index in [1.807, 2.05) is 11.9 Å². The van der Waals surface area contributed by atoms with Gasteiger partial charge in [-0.15, -0.1) is 0 Å². The number of likely N-dealkylation sites (N-methyl/N-ethyl adjacent to an activating group) is 1. The number of esters is 1. The van der Waals surface area contributed by atoms with Crippen LogP contribution < -0.4 is 0 Å². The second kappa shape index (κ2) is 4.18. The summed E-state index contributed by atoms with van der Waals surface area (Å²) < 4.78 is 11.2. The fourth-order valence-electron chi connectivity index (χ4n) is 2.58. The van der Waals surface area contributed by atoms with E-state index in [9.17, 15) is 4.79 Å². The Morgan fingerprint density at radius 3 is 2.87 bits per heavy atom. The molecule has 2 saturated heterocycles. The second-order valence-electron chi connectivity index (χ2n) is 4.45. The van der Waals surface area contributed by atoms with Crippen LogP contribution in [0.25, 0.3) is 0 Å². The third-order valence-electron chi connectivity index (χ3n) is 3.27. The summed E-state index contributed by atoms with van der Waals surface area (Å²) in [5, 5.41) is 0. The van der Waals surface area contributed by atoms with Gasteiger partial charge in [0.1, 0.15) is 6.04 Å². The van der Waals surface area contributed by atoms with E-state index in [4.69, 9.17) is 9.47 Å². The first-order valence-electron chi connectivity index (χ1n) is 5.12. The van der Waals surface area contributed by atoms with Gasteiger partial charge in [-0.05, 0) is 13.5 Å². The molecular weight excluding hydrogens is 309 g/mol. The average Bonchev–Trinajstić information content (AvgIpc) is 2.70. The van der Waals surface area contributed by atoms with Gasteiger partial charge in [0.2, 0.25) is 0 Å². The summed E-state index contributed by atoms with van der Waals surface area (Å²) in [4.78, 5) is 13.6. The minimum atomic E-state index is -0.144. The lowest BCUT2D eigenvalue weighted by atomic mass is 9.97. The van der Waals surface area contributed by atoms with Crippen molar-refractivity contribution >= 4 is 28.6 Å². The Balaban J connectivity index is 2.06. The van der Waals surface area contributed by atoms with Crippen molar-refractivity contribution in [2.24, 2.45) is 0 Å². The van der Waals surface area contributed by atoms with Crippen LogP contribution in [0.3, 0.4) is 0 Å². The molecule has 0 aliphatic carbocycles. The van der Waals surface area contributed by atoms with E-state index in [2.05, 4.69) is 22.6 Å². The van der Waals surface area contributed by atoms with E-state index in [1.165, 1.54) is 7.11 Å². The summed E-state index contributed by atoms with van der Waals surface area (Å²) in [5.74, 6) is -0.144. The van der Waals surface area contributed by atoms with Crippen molar-refractivity contribution in [3.63, 3.8) is 0 Å². The lowest BCUT2D eigenvalue weighted by Gasteiger charge is -2.21. The Hall–Kier alpha value is 0.120. The molecule has 2 rings (SSSR count). The van der Waals surface area contributed by atoms with Gasteiger partial charge in [0, 0.05) is 16.9 Å². The highest BCUT2D eigenvalue weighted by Gasteiger charge is 2.50. The molecule has 4 nitrogen and oxygen atoms in total. The predicted molar refractivity (Wildman–Crippen MR) is 64.2 cm³/mol. The average molecular weight is 325 g/mol. The van der Waals surface area contributed by atoms with Gasteiger partial charge in [-0.1, -0.05) is 22.6 Å². The molecule has 2 heterocycles. The quantitative estimate of drug-likeness (QED) is 0.407. The maximum Gasteiger partial charge on any atom is 0.323 e. The second-order valence-corrected chi connectivity index (χ2v) is 6.22. The van der Waals surface area contributed by atoms with Crippen LogP contribution in [0.15, 0.2) is 0 Å². The standard InChI is InChI=1S/C10H16INO3/c1-12-6-10(3-7(11)5-15-10)4-8(12)9(13)14-2/h7-8H,3-6H2,1-2H3. The normalized spacial score (nSPS) is 41.3. The molecule has 0 amide bonds. The molecule has 0 aromatic heterocycles. The van der Waals surface area contributed by atoms with E-state index in [0.29, 0.717) is 3.92 Å². The first kappa shape index (κ1) is 11.6. The molecule has 0 radical (unpaired) electrons. The predicted octanol–water partition coefficient (Wildman–Crippen LogP) is 0.826. The molecule has 3 unspecified atom stereocenters. The fourth-order valence-corrected chi connectivity index (χ4v) is 3.56. The topological polar surface area (TPSA) is 38.8 Å². The molecule has 0 saturated carbocycles. The summed E-state index contributed by atoms with van der Waals surface area (Å²) in [6.45, 7) is 1.65. The number of rotatable bonds is 1. The first-order chi connectivity index (χ1) is 7.06. The number of carbonyl (C=O) groups is 1. The number of hydrogen-bond acceptors (Lipinski definition) is 4. The molecule has 1 spiro atoms. The Labute approximate surface area is 103 Å². The molecule has 0 bridgehead atoms. The largest absolute Gasteiger partial charge is 0.468 e. The number of likely N-dealkylation sites (tertiary alicyclic amines) is 1. The number of methoxy groups -OCH3 is 1. The summed E-state index contributed by atoms with van der Waals surface area (Å²) in [6, 6.07) is -0.128. The third-order valence-corrected chi connectivity index (χ3v) is 4.07. The minimum Gasteiger partial charge on any atom is -0.468 e. The Kier molecular flexibility index (Phi) is 3.23. The molecule has 0 aromatic rings. The lowest BCUT2D eigenvalue weighted by molar-refractivity contribution is -0.145. The summed E-state index contributed by atoms with van der Waals surface area (Å²) in [6.07, 6.45) is 1.82. The van der Waals surface area contributed by atoms with Gasteiger partial charge in [0.05, 0.1) is 19.3 Å². The number of hydrogen-bond donors (Lipinski definition) is 0. The Bertz CT molecular complexity index is 273. The van der Waals surface area contributed by atoms with Crippen molar-refractivity contribution in [1.82, 2.24) is 4.90 Å². The molecule has 5 heteroatoms. The van der Waals surface area contributed by atoms with E-state index in [1.54, 1.807) is 0 Å². The van der Waals surface area contributed by atoms with E-state index < -0.39 is 0 Å². The van der Waals surface area contributed by atoms with E-state index >= 15 is 0 Å². The molecule has 3 atom stereocenters. The van der Waals surface area contributed by atoms with Crippen LogP contribution in [0.2, 0.25) is 0 Å². The van der Waals surface area contributed by atoms with Gasteiger partial charge in [-0.2, -0.15) is 0 Å². The van der Waals surface area contributed by atoms with Crippen molar-refractivity contribution in [1.29, 1.82) is 0 Å². The fraction of sp³-hybridized carbons (Fsp3) is 0.900. The smallest absolute Gasteiger partial charge is 0.323 e. The maximum atomic E-state index is 11.5. The van der Waals surface area contributed by atoms with Crippen LogP contribution in [-0.4, -0.2) is 53.7 Å². The van der Waals surface area contributed by atoms with Crippen LogP contribution in [0, 0.1) is 0 Å². The van der Waals surface area contributed by atoms with E-state index in [0.717, 1.165) is 26.0 Å². The molecule has 2 aliphatic rings. The molecule has 15 heavy (non-hydrogen) atoms. The van der Waals surface area contributed by atoms with Gasteiger partial charge < -0.3 is 9.47 Å². The number of halogens is 1. The molecule has 2 aliphatic heterocycles. The zero-order chi connectivity index (χ0) is 11.1. The number of ether oxygens (including phenoxy) is 2. The van der Waals surface area contributed by atoms with Crippen LogP contribution in [0.5, 0.6) is 0 Å². The van der Waals surface area contributed by atoms with Crippen molar-refractivity contribution in [3.05, 3.63) is 0 Å².